The largest absolute Gasteiger partial charge is 0.355 e. The van der Waals surface area contributed by atoms with Gasteiger partial charge in [0, 0.05) is 31.2 Å². The summed E-state index contributed by atoms with van der Waals surface area (Å²) in [5, 5.41) is 9.37. The Morgan fingerprint density at radius 3 is 2.54 bits per heavy atom. The predicted molar refractivity (Wildman–Crippen MR) is 99.5 cm³/mol. The topological polar surface area (TPSA) is 86.7 Å². The van der Waals surface area contributed by atoms with Crippen LogP contribution in [0.1, 0.15) is 17.1 Å². The molecule has 2 aliphatic carbocycles. The van der Waals surface area contributed by atoms with E-state index in [0.29, 0.717) is 25.6 Å². The maximum absolute atomic E-state index is 12.6. The van der Waals surface area contributed by atoms with Gasteiger partial charge in [-0.3, -0.25) is 19.5 Å². The first kappa shape index (κ1) is 17.2. The highest BCUT2D eigenvalue weighted by Crippen LogP contribution is 2.52. The lowest BCUT2D eigenvalue weighted by Crippen LogP contribution is -2.43. The van der Waals surface area contributed by atoms with Gasteiger partial charge in [0.1, 0.15) is 5.01 Å². The molecule has 2 N–H and O–H groups in total. The van der Waals surface area contributed by atoms with Crippen molar-refractivity contribution in [2.75, 3.05) is 20.1 Å². The number of allylic oxidation sites excluding steroid dienone is 2. The highest BCUT2D eigenvalue weighted by Gasteiger charge is 2.58. The first-order chi connectivity index (χ1) is 12.6. The second kappa shape index (κ2) is 6.83. The highest BCUT2D eigenvalue weighted by atomic mass is 32.1. The fourth-order valence-electron chi connectivity index (χ4n) is 4.33. The van der Waals surface area contributed by atoms with E-state index in [0.717, 1.165) is 17.1 Å². The Bertz CT molecular complexity index is 756. The average Bonchev–Trinajstić information content (AvgIpc) is 3.38. The number of amides is 2. The number of aryl methyl sites for hydroxylation is 1. The summed E-state index contributed by atoms with van der Waals surface area (Å²) < 4.78 is 0. The number of nitrogens with zero attached hydrogens (tertiary/aromatic N) is 3. The third-order valence-electron chi connectivity index (χ3n) is 5.49. The predicted octanol–water partition coefficient (Wildman–Crippen LogP) is 0.924. The summed E-state index contributed by atoms with van der Waals surface area (Å²) in [5.74, 6) is 0.913. The molecule has 2 bridgehead atoms. The molecule has 4 unspecified atom stereocenters. The normalized spacial score (nSPS) is 29.6. The van der Waals surface area contributed by atoms with Crippen LogP contribution in [0.15, 0.2) is 22.5 Å². The Morgan fingerprint density at radius 2 is 1.96 bits per heavy atom. The van der Waals surface area contributed by atoms with E-state index in [9.17, 15) is 9.59 Å². The molecule has 4 rings (SSSR count). The van der Waals surface area contributed by atoms with E-state index in [4.69, 9.17) is 0 Å². The minimum absolute atomic E-state index is 0.000132. The van der Waals surface area contributed by atoms with Crippen LogP contribution >= 0.6 is 11.3 Å². The smallest absolute Gasteiger partial charge is 0.233 e. The molecule has 4 atom stereocenters. The first-order valence-corrected chi connectivity index (χ1v) is 9.85. The standard InChI is InChI=1S/C18H23N5O2S/c1-10-9-26-13(22-10)8-21-18(19-2)20-5-6-23-16(24)14-11-3-4-12(7-11)15(14)17(23)25/h3-4,9,11-12,14-15H,5-8H2,1-2H3,(H2,19,20,21). The summed E-state index contributed by atoms with van der Waals surface area (Å²) in [6.45, 7) is 3.42. The maximum atomic E-state index is 12.6. The third-order valence-corrected chi connectivity index (χ3v) is 6.45. The number of likely N-dealkylation sites (tertiary alicyclic amines) is 1. The van der Waals surface area contributed by atoms with Crippen molar-refractivity contribution in [1.29, 1.82) is 0 Å². The number of guanidine groups is 1. The summed E-state index contributed by atoms with van der Waals surface area (Å²) >= 11 is 1.60. The number of hydrogen-bond acceptors (Lipinski definition) is 5. The molecule has 0 spiro atoms. The van der Waals surface area contributed by atoms with Gasteiger partial charge in [-0.25, -0.2) is 4.98 Å². The molecule has 1 saturated carbocycles. The van der Waals surface area contributed by atoms with E-state index in [1.165, 1.54) is 4.90 Å². The van der Waals surface area contributed by atoms with Crippen LogP contribution in [-0.2, 0) is 16.1 Å². The summed E-state index contributed by atoms with van der Waals surface area (Å²) in [7, 11) is 1.70. The van der Waals surface area contributed by atoms with Gasteiger partial charge < -0.3 is 10.6 Å². The number of aliphatic imine (C=N–C) groups is 1. The van der Waals surface area contributed by atoms with E-state index in [2.05, 4.69) is 32.8 Å². The first-order valence-electron chi connectivity index (χ1n) is 8.97. The zero-order valence-corrected chi connectivity index (χ0v) is 15.8. The zero-order chi connectivity index (χ0) is 18.3. The van der Waals surface area contributed by atoms with E-state index in [1.54, 1.807) is 18.4 Å². The zero-order valence-electron chi connectivity index (χ0n) is 14.9. The fraction of sp³-hybridized carbons (Fsp3) is 0.556. The number of imide groups is 1. The lowest BCUT2D eigenvalue weighted by molar-refractivity contribution is -0.140. The molecule has 0 aromatic carbocycles. The van der Waals surface area contributed by atoms with Gasteiger partial charge in [0.2, 0.25) is 11.8 Å². The summed E-state index contributed by atoms with van der Waals surface area (Å²) in [4.78, 5) is 35.3. The van der Waals surface area contributed by atoms with Gasteiger partial charge >= 0.3 is 0 Å². The van der Waals surface area contributed by atoms with Crippen molar-refractivity contribution in [2.24, 2.45) is 28.7 Å². The number of fused-ring (bicyclic) bond motifs is 5. The van der Waals surface area contributed by atoms with Crippen molar-refractivity contribution < 1.29 is 9.59 Å². The van der Waals surface area contributed by atoms with Gasteiger partial charge in [-0.2, -0.15) is 0 Å². The van der Waals surface area contributed by atoms with Crippen LogP contribution in [0.25, 0.3) is 0 Å². The molecule has 7 nitrogen and oxygen atoms in total. The number of carbonyl (C=O) groups is 2. The number of rotatable bonds is 5. The molecule has 1 aliphatic heterocycles. The molecular formula is C18H23N5O2S. The Labute approximate surface area is 156 Å². The van der Waals surface area contributed by atoms with Crippen molar-refractivity contribution in [3.05, 3.63) is 28.2 Å². The van der Waals surface area contributed by atoms with Gasteiger partial charge in [-0.05, 0) is 25.2 Å². The van der Waals surface area contributed by atoms with E-state index in [-0.39, 0.29) is 35.5 Å². The third kappa shape index (κ3) is 2.92. The monoisotopic (exact) mass is 373 g/mol. The van der Waals surface area contributed by atoms with E-state index in [1.807, 2.05) is 12.3 Å². The molecule has 8 heteroatoms. The Balaban J connectivity index is 1.28. The Kier molecular flexibility index (Phi) is 4.52. The van der Waals surface area contributed by atoms with Crippen molar-refractivity contribution in [3.63, 3.8) is 0 Å². The average molecular weight is 373 g/mol. The van der Waals surface area contributed by atoms with Crippen LogP contribution in [0, 0.1) is 30.6 Å². The van der Waals surface area contributed by atoms with Crippen LogP contribution < -0.4 is 10.6 Å². The lowest BCUT2D eigenvalue weighted by Gasteiger charge is -2.18. The van der Waals surface area contributed by atoms with Gasteiger partial charge in [-0.1, -0.05) is 12.2 Å². The molecule has 2 amide bonds. The summed E-state index contributed by atoms with van der Waals surface area (Å²) in [5.41, 5.74) is 1.01. The molecule has 138 valence electrons. The SMILES string of the molecule is CN=C(NCCN1C(=O)C2C3C=CC(C3)C2C1=O)NCc1nc(C)cs1. The number of carbonyl (C=O) groups excluding carboxylic acids is 2. The van der Waals surface area contributed by atoms with Crippen LogP contribution in [0.2, 0.25) is 0 Å². The Hall–Kier alpha value is -2.22. The van der Waals surface area contributed by atoms with Crippen molar-refractivity contribution in [2.45, 2.75) is 19.9 Å². The number of nitrogens with one attached hydrogen (secondary N) is 2. The van der Waals surface area contributed by atoms with Crippen LogP contribution in [0.4, 0.5) is 0 Å². The second-order valence-electron chi connectivity index (χ2n) is 7.06. The minimum atomic E-state index is -0.122. The lowest BCUT2D eigenvalue weighted by atomic mass is 9.85. The molecule has 2 fully saturated rings. The van der Waals surface area contributed by atoms with Gasteiger partial charge in [-0.15, -0.1) is 11.3 Å². The van der Waals surface area contributed by atoms with Crippen LogP contribution in [0.3, 0.4) is 0 Å². The van der Waals surface area contributed by atoms with Gasteiger partial charge in [0.15, 0.2) is 5.96 Å². The van der Waals surface area contributed by atoms with Crippen LogP contribution in [-0.4, -0.2) is 47.8 Å². The molecular weight excluding hydrogens is 350 g/mol. The molecule has 26 heavy (non-hydrogen) atoms. The van der Waals surface area contributed by atoms with Crippen molar-refractivity contribution in [3.8, 4) is 0 Å². The van der Waals surface area contributed by atoms with Crippen molar-refractivity contribution >= 4 is 29.1 Å². The molecule has 1 saturated heterocycles. The quantitative estimate of drug-likeness (QED) is 0.347. The number of hydrogen-bond donors (Lipinski definition) is 2. The number of aromatic nitrogens is 1. The summed E-state index contributed by atoms with van der Waals surface area (Å²) in [6, 6.07) is 0. The molecule has 3 aliphatic rings. The summed E-state index contributed by atoms with van der Waals surface area (Å²) in [6.07, 6.45) is 5.20. The molecule has 1 aromatic rings. The highest BCUT2D eigenvalue weighted by molar-refractivity contribution is 7.09. The maximum Gasteiger partial charge on any atom is 0.233 e. The number of thiazole rings is 1. The minimum Gasteiger partial charge on any atom is -0.355 e. The van der Waals surface area contributed by atoms with Gasteiger partial charge in [0.25, 0.3) is 0 Å². The van der Waals surface area contributed by atoms with Crippen LogP contribution in [0.5, 0.6) is 0 Å². The fourth-order valence-corrected chi connectivity index (χ4v) is 5.05. The van der Waals surface area contributed by atoms with E-state index < -0.39 is 0 Å². The second-order valence-corrected chi connectivity index (χ2v) is 8.01. The molecule has 0 radical (unpaired) electrons. The van der Waals surface area contributed by atoms with Crippen molar-refractivity contribution in [1.82, 2.24) is 20.5 Å². The van der Waals surface area contributed by atoms with E-state index >= 15 is 0 Å². The molecule has 2 heterocycles. The molecule has 1 aromatic heterocycles. The van der Waals surface area contributed by atoms with Gasteiger partial charge in [0.05, 0.1) is 18.4 Å². The Morgan fingerprint density at radius 1 is 1.27 bits per heavy atom.